The van der Waals surface area contributed by atoms with Crippen LogP contribution in [0.3, 0.4) is 0 Å². The van der Waals surface area contributed by atoms with Gasteiger partial charge in [-0.15, -0.1) is 0 Å². The van der Waals surface area contributed by atoms with Crippen LogP contribution >= 0.6 is 0 Å². The van der Waals surface area contributed by atoms with Gasteiger partial charge in [-0.25, -0.2) is 0 Å². The Labute approximate surface area is 91.0 Å². The summed E-state index contributed by atoms with van der Waals surface area (Å²) in [5.74, 6) is -0.114. The lowest BCUT2D eigenvalue weighted by atomic mass is 9.85. The minimum absolute atomic E-state index is 0.135. The molecule has 0 aromatic carbocycles. The average molecular weight is 209 g/mol. The van der Waals surface area contributed by atoms with Gasteiger partial charge in [0.2, 0.25) is 0 Å². The molecular weight excluding hydrogens is 190 g/mol. The molecule has 0 heterocycles. The van der Waals surface area contributed by atoms with Crippen LogP contribution in [0.5, 0.6) is 0 Å². The van der Waals surface area contributed by atoms with Crippen molar-refractivity contribution in [1.29, 1.82) is 0 Å². The van der Waals surface area contributed by atoms with Crippen LogP contribution < -0.4 is 5.73 Å². The van der Waals surface area contributed by atoms with Gasteiger partial charge in [0.25, 0.3) is 0 Å². The van der Waals surface area contributed by atoms with E-state index in [1.54, 1.807) is 6.08 Å². The lowest BCUT2D eigenvalue weighted by Crippen LogP contribution is -2.26. The fourth-order valence-corrected chi connectivity index (χ4v) is 1.69. The first-order valence-corrected chi connectivity index (χ1v) is 5.51. The number of hydrogen-bond donors (Lipinski definition) is 1. The maximum atomic E-state index is 11.7. The minimum Gasteiger partial charge on any atom is -0.465 e. The lowest BCUT2D eigenvalue weighted by molar-refractivity contribution is -0.148. The molecule has 2 atom stereocenters. The van der Waals surface area contributed by atoms with Crippen LogP contribution in [-0.2, 0) is 9.53 Å². The van der Waals surface area contributed by atoms with Gasteiger partial charge < -0.3 is 10.5 Å². The summed E-state index contributed by atoms with van der Waals surface area (Å²) in [6.45, 7) is 4.53. The summed E-state index contributed by atoms with van der Waals surface area (Å²) >= 11 is 0. The third kappa shape index (κ3) is 3.11. The minimum atomic E-state index is -0.158. The Hall–Kier alpha value is -1.25. The van der Waals surface area contributed by atoms with Gasteiger partial charge in [0.05, 0.1) is 12.5 Å². The molecule has 0 spiro atoms. The maximum Gasteiger partial charge on any atom is 0.313 e. The Morgan fingerprint density at radius 2 is 2.27 bits per heavy atom. The predicted molar refractivity (Wildman–Crippen MR) is 59.9 cm³/mol. The van der Waals surface area contributed by atoms with Crippen molar-refractivity contribution in [2.24, 2.45) is 17.6 Å². The zero-order valence-electron chi connectivity index (χ0n) is 9.40. The van der Waals surface area contributed by atoms with Gasteiger partial charge in [-0.3, -0.25) is 4.79 Å². The molecule has 0 aromatic rings. The quantitative estimate of drug-likeness (QED) is 0.720. The zero-order valence-corrected chi connectivity index (χ0v) is 9.40. The number of carbonyl (C=O) groups is 1. The largest absolute Gasteiger partial charge is 0.465 e. The topological polar surface area (TPSA) is 52.3 Å². The van der Waals surface area contributed by atoms with Crippen LogP contribution in [0.2, 0.25) is 0 Å². The molecule has 0 fully saturated rings. The van der Waals surface area contributed by atoms with Gasteiger partial charge in [-0.2, -0.15) is 0 Å². The number of hydrogen-bond acceptors (Lipinski definition) is 3. The molecule has 3 heteroatoms. The molecule has 2 N–H and O–H groups in total. The second kappa shape index (κ2) is 5.59. The third-order valence-corrected chi connectivity index (χ3v) is 2.56. The van der Waals surface area contributed by atoms with Crippen LogP contribution in [0, 0.1) is 11.8 Å². The second-order valence-corrected chi connectivity index (χ2v) is 3.79. The van der Waals surface area contributed by atoms with Gasteiger partial charge in [0, 0.05) is 5.70 Å². The van der Waals surface area contributed by atoms with Crippen molar-refractivity contribution in [3.05, 3.63) is 23.9 Å². The predicted octanol–water partition coefficient (Wildman–Crippen LogP) is 1.99. The van der Waals surface area contributed by atoms with E-state index in [-0.39, 0.29) is 17.8 Å². The molecule has 0 amide bonds. The van der Waals surface area contributed by atoms with Crippen LogP contribution in [0.25, 0.3) is 0 Å². The first-order chi connectivity index (χ1) is 7.19. The van der Waals surface area contributed by atoms with Crippen molar-refractivity contribution in [3.8, 4) is 0 Å². The van der Waals surface area contributed by atoms with E-state index in [1.807, 2.05) is 26.0 Å². The molecule has 1 rings (SSSR count). The molecule has 0 saturated carbocycles. The second-order valence-electron chi connectivity index (χ2n) is 3.79. The van der Waals surface area contributed by atoms with E-state index in [2.05, 4.69) is 0 Å². The van der Waals surface area contributed by atoms with Crippen LogP contribution in [0.4, 0.5) is 0 Å². The van der Waals surface area contributed by atoms with Crippen LogP contribution in [-0.4, -0.2) is 12.6 Å². The highest BCUT2D eigenvalue weighted by Crippen LogP contribution is 2.25. The Bertz CT molecular complexity index is 281. The van der Waals surface area contributed by atoms with E-state index in [9.17, 15) is 4.79 Å². The van der Waals surface area contributed by atoms with Crippen LogP contribution in [0.1, 0.15) is 26.7 Å². The van der Waals surface area contributed by atoms with Crippen molar-refractivity contribution in [2.45, 2.75) is 26.7 Å². The number of nitrogens with two attached hydrogens (primary N) is 1. The van der Waals surface area contributed by atoms with Gasteiger partial charge in [-0.05, 0) is 24.8 Å². The van der Waals surface area contributed by atoms with E-state index >= 15 is 0 Å². The number of carbonyl (C=O) groups excluding carboxylic acids is 1. The monoisotopic (exact) mass is 209 g/mol. The summed E-state index contributed by atoms with van der Waals surface area (Å²) in [5.41, 5.74) is 6.42. The Morgan fingerprint density at radius 3 is 2.87 bits per heavy atom. The Morgan fingerprint density at radius 1 is 1.53 bits per heavy atom. The van der Waals surface area contributed by atoms with Crippen molar-refractivity contribution in [2.75, 3.05) is 6.61 Å². The molecule has 15 heavy (non-hydrogen) atoms. The van der Waals surface area contributed by atoms with Crippen molar-refractivity contribution >= 4 is 5.97 Å². The summed E-state index contributed by atoms with van der Waals surface area (Å²) in [5, 5.41) is 0. The molecule has 1 aliphatic carbocycles. The number of esters is 1. The molecule has 1 aliphatic rings. The van der Waals surface area contributed by atoms with Gasteiger partial charge in [-0.1, -0.05) is 26.0 Å². The highest BCUT2D eigenvalue weighted by Gasteiger charge is 2.26. The van der Waals surface area contributed by atoms with E-state index < -0.39 is 0 Å². The first kappa shape index (κ1) is 11.8. The molecule has 84 valence electrons. The van der Waals surface area contributed by atoms with E-state index in [1.165, 1.54) is 0 Å². The van der Waals surface area contributed by atoms with E-state index in [0.29, 0.717) is 6.61 Å². The maximum absolute atomic E-state index is 11.7. The van der Waals surface area contributed by atoms with Gasteiger partial charge in [0.15, 0.2) is 0 Å². The van der Waals surface area contributed by atoms with Crippen molar-refractivity contribution in [3.63, 3.8) is 0 Å². The highest BCUT2D eigenvalue weighted by atomic mass is 16.5. The SMILES string of the molecule is CCCOC(=O)C1C=CC(N)=CC1CC. The van der Waals surface area contributed by atoms with Gasteiger partial charge in [0.1, 0.15) is 0 Å². The summed E-state index contributed by atoms with van der Waals surface area (Å²) in [4.78, 5) is 11.7. The average Bonchev–Trinajstić information content (AvgIpc) is 2.25. The standard InChI is InChI=1S/C12H19NO2/c1-3-7-15-12(14)11-6-5-10(13)8-9(11)4-2/h5-6,8-9,11H,3-4,7,13H2,1-2H3. The first-order valence-electron chi connectivity index (χ1n) is 5.51. The fourth-order valence-electron chi connectivity index (χ4n) is 1.69. The van der Waals surface area contributed by atoms with Gasteiger partial charge >= 0.3 is 5.97 Å². The third-order valence-electron chi connectivity index (χ3n) is 2.56. The number of allylic oxidation sites excluding steroid dienone is 2. The molecule has 0 aromatic heterocycles. The smallest absolute Gasteiger partial charge is 0.313 e. The zero-order chi connectivity index (χ0) is 11.3. The fraction of sp³-hybridized carbons (Fsp3) is 0.583. The van der Waals surface area contributed by atoms with E-state index in [4.69, 9.17) is 10.5 Å². The lowest BCUT2D eigenvalue weighted by Gasteiger charge is -2.22. The molecule has 0 saturated heterocycles. The summed E-state index contributed by atoms with van der Waals surface area (Å²) in [6.07, 6.45) is 7.33. The summed E-state index contributed by atoms with van der Waals surface area (Å²) < 4.78 is 5.14. The van der Waals surface area contributed by atoms with E-state index in [0.717, 1.165) is 18.5 Å². The summed E-state index contributed by atoms with van der Waals surface area (Å²) in [6, 6.07) is 0. The Balaban J connectivity index is 2.61. The highest BCUT2D eigenvalue weighted by molar-refractivity contribution is 5.75. The molecule has 2 unspecified atom stereocenters. The number of rotatable bonds is 4. The molecule has 0 aliphatic heterocycles. The van der Waals surface area contributed by atoms with Crippen molar-refractivity contribution in [1.82, 2.24) is 0 Å². The molecule has 0 radical (unpaired) electrons. The normalized spacial score (nSPS) is 24.8. The molecular formula is C12H19NO2. The summed E-state index contributed by atoms with van der Waals surface area (Å²) in [7, 11) is 0. The Kier molecular flexibility index (Phi) is 4.40. The van der Waals surface area contributed by atoms with Crippen molar-refractivity contribution < 1.29 is 9.53 Å². The molecule has 0 bridgehead atoms. The van der Waals surface area contributed by atoms with Crippen LogP contribution in [0.15, 0.2) is 23.9 Å². The molecule has 3 nitrogen and oxygen atoms in total. The number of ether oxygens (including phenoxy) is 1.